The number of benzene rings is 1. The highest BCUT2D eigenvalue weighted by atomic mass is 32.1. The molecular weight excluding hydrogens is 332 g/mol. The molecule has 2 aromatic heterocycles. The molecular formula is C20H22N2O2S. The number of methoxy groups -OCH3 is 1. The average molecular weight is 354 g/mol. The zero-order chi connectivity index (χ0) is 17.4. The van der Waals surface area contributed by atoms with Crippen molar-refractivity contribution in [1.82, 2.24) is 9.47 Å². The van der Waals surface area contributed by atoms with Crippen LogP contribution in [0.1, 0.15) is 33.8 Å². The molecule has 1 aliphatic rings. The van der Waals surface area contributed by atoms with Crippen LogP contribution in [0.15, 0.2) is 36.4 Å². The van der Waals surface area contributed by atoms with Crippen LogP contribution >= 0.6 is 11.3 Å². The van der Waals surface area contributed by atoms with Gasteiger partial charge in [-0.3, -0.25) is 4.79 Å². The summed E-state index contributed by atoms with van der Waals surface area (Å²) in [6, 6.07) is 12.3. The second-order valence-electron chi connectivity index (χ2n) is 6.57. The number of likely N-dealkylation sites (tertiary alicyclic amines) is 1. The normalized spacial score (nSPS) is 14.4. The number of thiophene rings is 1. The smallest absolute Gasteiger partial charge is 0.270 e. The van der Waals surface area contributed by atoms with Gasteiger partial charge in [0.05, 0.1) is 17.3 Å². The zero-order valence-electron chi connectivity index (χ0n) is 14.6. The Morgan fingerprint density at radius 3 is 2.76 bits per heavy atom. The second-order valence-corrected chi connectivity index (χ2v) is 7.86. The molecule has 0 bridgehead atoms. The number of hydrogen-bond acceptors (Lipinski definition) is 3. The molecule has 130 valence electrons. The van der Waals surface area contributed by atoms with Gasteiger partial charge in [0.1, 0.15) is 11.4 Å². The van der Waals surface area contributed by atoms with E-state index < -0.39 is 0 Å². The lowest BCUT2D eigenvalue weighted by molar-refractivity contribution is 0.0783. The fraction of sp³-hybridized carbons (Fsp3) is 0.350. The molecule has 3 heterocycles. The first-order valence-electron chi connectivity index (χ1n) is 8.67. The Bertz CT molecular complexity index is 919. The molecule has 0 aliphatic carbocycles. The number of aromatic nitrogens is 1. The molecule has 1 saturated heterocycles. The van der Waals surface area contributed by atoms with E-state index in [0.29, 0.717) is 6.54 Å². The molecule has 4 nitrogen and oxygen atoms in total. The topological polar surface area (TPSA) is 34.5 Å². The minimum atomic E-state index is 0.154. The first-order valence-corrected chi connectivity index (χ1v) is 9.49. The summed E-state index contributed by atoms with van der Waals surface area (Å²) in [5.41, 5.74) is 3.08. The molecule has 0 unspecified atom stereocenters. The average Bonchev–Trinajstić information content (AvgIpc) is 3.32. The Morgan fingerprint density at radius 1 is 1.20 bits per heavy atom. The second kappa shape index (κ2) is 6.56. The molecule has 0 saturated carbocycles. The molecule has 25 heavy (non-hydrogen) atoms. The fourth-order valence-corrected chi connectivity index (χ4v) is 4.51. The van der Waals surface area contributed by atoms with E-state index in [0.717, 1.165) is 48.5 Å². The summed E-state index contributed by atoms with van der Waals surface area (Å²) in [5.74, 6) is 0.997. The molecule has 0 spiro atoms. The number of ether oxygens (including phenoxy) is 1. The van der Waals surface area contributed by atoms with Crippen molar-refractivity contribution in [3.8, 4) is 5.75 Å². The lowest BCUT2D eigenvalue weighted by Crippen LogP contribution is -2.29. The predicted molar refractivity (Wildman–Crippen MR) is 102 cm³/mol. The lowest BCUT2D eigenvalue weighted by atomic mass is 10.2. The largest absolute Gasteiger partial charge is 0.497 e. The van der Waals surface area contributed by atoms with Gasteiger partial charge in [-0.05, 0) is 49.6 Å². The van der Waals surface area contributed by atoms with E-state index in [4.69, 9.17) is 4.74 Å². The van der Waals surface area contributed by atoms with Gasteiger partial charge in [0, 0.05) is 24.5 Å². The first kappa shape index (κ1) is 16.2. The number of rotatable bonds is 4. The SMILES string of the molecule is COc1cccc(Cn2c(C(=O)N3CCCC3)cc3sc(C)cc32)c1. The van der Waals surface area contributed by atoms with Crippen LogP contribution in [0.2, 0.25) is 0 Å². The number of hydrogen-bond donors (Lipinski definition) is 0. The fourth-order valence-electron chi connectivity index (χ4n) is 3.55. The third kappa shape index (κ3) is 3.04. The summed E-state index contributed by atoms with van der Waals surface area (Å²) >= 11 is 1.75. The van der Waals surface area contributed by atoms with E-state index in [2.05, 4.69) is 29.7 Å². The van der Waals surface area contributed by atoms with Crippen molar-refractivity contribution < 1.29 is 9.53 Å². The molecule has 1 amide bonds. The van der Waals surface area contributed by atoms with Gasteiger partial charge in [0.15, 0.2) is 0 Å². The van der Waals surface area contributed by atoms with Gasteiger partial charge in [-0.1, -0.05) is 12.1 Å². The number of aryl methyl sites for hydroxylation is 1. The zero-order valence-corrected chi connectivity index (χ0v) is 15.4. The van der Waals surface area contributed by atoms with Gasteiger partial charge in [0.2, 0.25) is 0 Å². The summed E-state index contributed by atoms with van der Waals surface area (Å²) in [7, 11) is 1.68. The van der Waals surface area contributed by atoms with Gasteiger partial charge in [-0.15, -0.1) is 11.3 Å². The van der Waals surface area contributed by atoms with E-state index in [9.17, 15) is 4.79 Å². The van der Waals surface area contributed by atoms with E-state index >= 15 is 0 Å². The highest BCUT2D eigenvalue weighted by Crippen LogP contribution is 2.31. The molecule has 4 rings (SSSR count). The number of carbonyl (C=O) groups is 1. The first-order chi connectivity index (χ1) is 12.2. The van der Waals surface area contributed by atoms with Gasteiger partial charge in [-0.25, -0.2) is 0 Å². The van der Waals surface area contributed by atoms with Crippen molar-refractivity contribution in [3.05, 3.63) is 52.5 Å². The molecule has 0 N–H and O–H groups in total. The Balaban J connectivity index is 1.76. The maximum atomic E-state index is 13.0. The van der Waals surface area contributed by atoms with Crippen molar-refractivity contribution in [2.75, 3.05) is 20.2 Å². The minimum Gasteiger partial charge on any atom is -0.497 e. The molecule has 1 aromatic carbocycles. The molecule has 3 aromatic rings. The highest BCUT2D eigenvalue weighted by molar-refractivity contribution is 7.19. The Kier molecular flexibility index (Phi) is 4.25. The van der Waals surface area contributed by atoms with Crippen molar-refractivity contribution in [2.24, 2.45) is 0 Å². The number of amides is 1. The van der Waals surface area contributed by atoms with Crippen molar-refractivity contribution in [1.29, 1.82) is 0 Å². The van der Waals surface area contributed by atoms with Crippen molar-refractivity contribution in [3.63, 3.8) is 0 Å². The maximum absolute atomic E-state index is 13.0. The lowest BCUT2D eigenvalue weighted by Gasteiger charge is -2.17. The van der Waals surface area contributed by atoms with Gasteiger partial charge >= 0.3 is 0 Å². The molecule has 1 fully saturated rings. The van der Waals surface area contributed by atoms with Crippen LogP contribution in [0, 0.1) is 6.92 Å². The van der Waals surface area contributed by atoms with Crippen LogP contribution < -0.4 is 4.74 Å². The van der Waals surface area contributed by atoms with Crippen LogP contribution in [0.3, 0.4) is 0 Å². The van der Waals surface area contributed by atoms with Crippen LogP contribution in [0.5, 0.6) is 5.75 Å². The summed E-state index contributed by atoms with van der Waals surface area (Å²) in [6.07, 6.45) is 2.21. The number of nitrogens with zero attached hydrogens (tertiary/aromatic N) is 2. The quantitative estimate of drug-likeness (QED) is 0.700. The van der Waals surface area contributed by atoms with Gasteiger partial charge in [-0.2, -0.15) is 0 Å². The summed E-state index contributed by atoms with van der Waals surface area (Å²) < 4.78 is 8.69. The van der Waals surface area contributed by atoms with E-state index in [1.54, 1.807) is 18.4 Å². The predicted octanol–water partition coefficient (Wildman–Crippen LogP) is 4.30. The maximum Gasteiger partial charge on any atom is 0.270 e. The molecule has 0 radical (unpaired) electrons. The minimum absolute atomic E-state index is 0.154. The third-order valence-electron chi connectivity index (χ3n) is 4.80. The highest BCUT2D eigenvalue weighted by Gasteiger charge is 2.24. The number of fused-ring (bicyclic) bond motifs is 1. The molecule has 5 heteroatoms. The van der Waals surface area contributed by atoms with Crippen LogP contribution in [-0.4, -0.2) is 35.6 Å². The monoisotopic (exact) mass is 354 g/mol. The van der Waals surface area contributed by atoms with Gasteiger partial charge < -0.3 is 14.2 Å². The molecule has 0 atom stereocenters. The Morgan fingerprint density at radius 2 is 2.00 bits per heavy atom. The summed E-state index contributed by atoms with van der Waals surface area (Å²) in [5, 5.41) is 0. The van der Waals surface area contributed by atoms with Crippen LogP contribution in [0.4, 0.5) is 0 Å². The standard InChI is InChI=1S/C20H22N2O2S/c1-14-10-17-19(25-14)12-18(20(23)21-8-3-4-9-21)22(17)13-15-6-5-7-16(11-15)24-2/h5-7,10-12H,3-4,8-9,13H2,1-2H3. The summed E-state index contributed by atoms with van der Waals surface area (Å²) in [4.78, 5) is 16.3. The number of carbonyl (C=O) groups excluding carboxylic acids is 1. The van der Waals surface area contributed by atoms with E-state index in [-0.39, 0.29) is 5.91 Å². The van der Waals surface area contributed by atoms with Gasteiger partial charge in [0.25, 0.3) is 5.91 Å². The van der Waals surface area contributed by atoms with Crippen LogP contribution in [0.25, 0.3) is 10.2 Å². The Hall–Kier alpha value is -2.27. The molecule has 1 aliphatic heterocycles. The third-order valence-corrected chi connectivity index (χ3v) is 5.79. The Labute approximate surface area is 151 Å². The van der Waals surface area contributed by atoms with E-state index in [1.165, 1.54) is 9.58 Å². The van der Waals surface area contributed by atoms with E-state index in [1.807, 2.05) is 23.1 Å². The van der Waals surface area contributed by atoms with Crippen LogP contribution in [-0.2, 0) is 6.54 Å². The van der Waals surface area contributed by atoms with Crippen molar-refractivity contribution in [2.45, 2.75) is 26.3 Å². The van der Waals surface area contributed by atoms with Crippen molar-refractivity contribution >= 4 is 27.5 Å². The summed E-state index contributed by atoms with van der Waals surface area (Å²) in [6.45, 7) is 4.53.